The Hall–Kier alpha value is -1.67. The molecule has 0 atom stereocenters. The van der Waals surface area contributed by atoms with E-state index in [1.165, 1.54) is 25.7 Å². The summed E-state index contributed by atoms with van der Waals surface area (Å²) in [7, 11) is 0. The molecule has 2 heteroatoms. The van der Waals surface area contributed by atoms with Crippen LogP contribution in [0.25, 0.3) is 20.2 Å². The van der Waals surface area contributed by atoms with E-state index in [1.807, 2.05) is 24.3 Å². The summed E-state index contributed by atoms with van der Waals surface area (Å²) in [6, 6.07) is 12.3. The summed E-state index contributed by atoms with van der Waals surface area (Å²) in [6.07, 6.45) is 0.916. The van der Waals surface area contributed by atoms with Crippen molar-refractivity contribution in [1.82, 2.24) is 0 Å². The number of hydrogen-bond donors (Lipinski definition) is 0. The molecule has 0 spiro atoms. The van der Waals surface area contributed by atoms with Crippen LogP contribution in [0, 0.1) is 6.92 Å². The Labute approximate surface area is 97.3 Å². The summed E-state index contributed by atoms with van der Waals surface area (Å²) in [5, 5.41) is 2.44. The van der Waals surface area contributed by atoms with E-state index in [4.69, 9.17) is 0 Å². The molecule has 0 fully saturated rings. The molecule has 0 saturated carbocycles. The first kappa shape index (κ1) is 9.55. The van der Waals surface area contributed by atoms with Crippen LogP contribution in [0.2, 0.25) is 0 Å². The third kappa shape index (κ3) is 1.27. The first-order chi connectivity index (χ1) is 7.79. The summed E-state index contributed by atoms with van der Waals surface area (Å²) in [4.78, 5) is 10.9. The largest absolute Gasteiger partial charge is 0.298 e. The zero-order chi connectivity index (χ0) is 11.1. The van der Waals surface area contributed by atoms with Gasteiger partial charge in [-0.2, -0.15) is 0 Å². The fourth-order valence-electron chi connectivity index (χ4n) is 2.09. The van der Waals surface area contributed by atoms with Crippen LogP contribution in [0.5, 0.6) is 0 Å². The molecule has 16 heavy (non-hydrogen) atoms. The molecule has 1 heterocycles. The van der Waals surface area contributed by atoms with Gasteiger partial charge in [0, 0.05) is 25.7 Å². The average Bonchev–Trinajstić information content (AvgIpc) is 2.68. The Balaban J connectivity index is 2.55. The summed E-state index contributed by atoms with van der Waals surface area (Å²) < 4.78 is 2.57. The number of benzene rings is 2. The van der Waals surface area contributed by atoms with Crippen molar-refractivity contribution in [1.29, 1.82) is 0 Å². The van der Waals surface area contributed by atoms with Gasteiger partial charge in [0.15, 0.2) is 0 Å². The highest BCUT2D eigenvalue weighted by Gasteiger charge is 2.07. The molecule has 2 aromatic carbocycles. The highest BCUT2D eigenvalue weighted by atomic mass is 32.1. The van der Waals surface area contributed by atoms with Gasteiger partial charge in [-0.25, -0.2) is 0 Å². The molecule has 1 aromatic heterocycles. The lowest BCUT2D eigenvalue weighted by atomic mass is 10.1. The van der Waals surface area contributed by atoms with E-state index in [9.17, 15) is 4.79 Å². The smallest absolute Gasteiger partial charge is 0.150 e. The molecule has 0 amide bonds. The highest BCUT2D eigenvalue weighted by Crippen LogP contribution is 2.35. The Morgan fingerprint density at radius 3 is 2.75 bits per heavy atom. The molecule has 0 saturated heterocycles. The molecule has 0 aliphatic heterocycles. The number of rotatable bonds is 1. The first-order valence-corrected chi connectivity index (χ1v) is 5.98. The maximum absolute atomic E-state index is 10.9. The van der Waals surface area contributed by atoms with E-state index in [0.29, 0.717) is 0 Å². The van der Waals surface area contributed by atoms with Gasteiger partial charge in [0.2, 0.25) is 0 Å². The minimum Gasteiger partial charge on any atom is -0.298 e. The minimum atomic E-state index is 0.758. The van der Waals surface area contributed by atoms with E-state index < -0.39 is 0 Å². The van der Waals surface area contributed by atoms with E-state index in [0.717, 1.165) is 11.8 Å². The van der Waals surface area contributed by atoms with Crippen molar-refractivity contribution in [3.8, 4) is 0 Å². The first-order valence-electron chi connectivity index (χ1n) is 5.16. The van der Waals surface area contributed by atoms with Crippen LogP contribution in [0.15, 0.2) is 36.4 Å². The second kappa shape index (κ2) is 3.42. The van der Waals surface area contributed by atoms with Crippen LogP contribution in [0.4, 0.5) is 0 Å². The van der Waals surface area contributed by atoms with Crippen LogP contribution in [0.1, 0.15) is 15.9 Å². The van der Waals surface area contributed by atoms with Crippen molar-refractivity contribution in [3.05, 3.63) is 47.5 Å². The second-order valence-electron chi connectivity index (χ2n) is 3.93. The lowest BCUT2D eigenvalue weighted by Crippen LogP contribution is -1.81. The van der Waals surface area contributed by atoms with Crippen LogP contribution < -0.4 is 0 Å². The molecule has 0 bridgehead atoms. The van der Waals surface area contributed by atoms with Crippen molar-refractivity contribution in [2.45, 2.75) is 6.92 Å². The van der Waals surface area contributed by atoms with Gasteiger partial charge in [0.25, 0.3) is 0 Å². The maximum atomic E-state index is 10.9. The maximum Gasteiger partial charge on any atom is 0.150 e. The number of aldehydes is 1. The van der Waals surface area contributed by atoms with E-state index in [-0.39, 0.29) is 0 Å². The Morgan fingerprint density at radius 2 is 1.94 bits per heavy atom. The van der Waals surface area contributed by atoms with Crippen LogP contribution in [-0.2, 0) is 0 Å². The van der Waals surface area contributed by atoms with E-state index in [1.54, 1.807) is 11.3 Å². The van der Waals surface area contributed by atoms with Gasteiger partial charge >= 0.3 is 0 Å². The number of fused-ring (bicyclic) bond motifs is 3. The van der Waals surface area contributed by atoms with Gasteiger partial charge in [0.1, 0.15) is 6.29 Å². The third-order valence-electron chi connectivity index (χ3n) is 2.82. The average molecular weight is 226 g/mol. The van der Waals surface area contributed by atoms with Crippen LogP contribution in [0.3, 0.4) is 0 Å². The van der Waals surface area contributed by atoms with Gasteiger partial charge in [-0.05, 0) is 30.7 Å². The van der Waals surface area contributed by atoms with Crippen LogP contribution in [-0.4, -0.2) is 6.29 Å². The lowest BCUT2D eigenvalue weighted by Gasteiger charge is -1.97. The van der Waals surface area contributed by atoms with Gasteiger partial charge in [0.05, 0.1) is 0 Å². The topological polar surface area (TPSA) is 17.1 Å². The standard InChI is InChI=1S/C14H10OS/c1-9-6-10(8-15)7-12-11-4-2-3-5-13(11)16-14(9)12/h2-8H,1H3. The predicted octanol–water partition coefficient (Wildman–Crippen LogP) is 4.18. The van der Waals surface area contributed by atoms with Crippen molar-refractivity contribution in [3.63, 3.8) is 0 Å². The number of aryl methyl sites for hydroxylation is 1. The van der Waals surface area contributed by atoms with Crippen molar-refractivity contribution in [2.24, 2.45) is 0 Å². The van der Waals surface area contributed by atoms with Crippen LogP contribution >= 0.6 is 11.3 Å². The van der Waals surface area contributed by atoms with E-state index in [2.05, 4.69) is 19.1 Å². The number of thiophene rings is 1. The normalized spacial score (nSPS) is 11.1. The Bertz CT molecular complexity index is 694. The van der Waals surface area contributed by atoms with Gasteiger partial charge in [-0.15, -0.1) is 11.3 Å². The van der Waals surface area contributed by atoms with Gasteiger partial charge in [-0.3, -0.25) is 4.79 Å². The van der Waals surface area contributed by atoms with Crippen molar-refractivity contribution >= 4 is 37.8 Å². The Morgan fingerprint density at radius 1 is 1.12 bits per heavy atom. The molecule has 0 aliphatic rings. The van der Waals surface area contributed by atoms with Crippen molar-refractivity contribution in [2.75, 3.05) is 0 Å². The number of carbonyl (C=O) groups excluding carboxylic acids is 1. The summed E-state index contributed by atoms with van der Waals surface area (Å²) in [5.74, 6) is 0. The minimum absolute atomic E-state index is 0.758. The zero-order valence-corrected chi connectivity index (χ0v) is 9.67. The monoisotopic (exact) mass is 226 g/mol. The van der Waals surface area contributed by atoms with Gasteiger partial charge in [-0.1, -0.05) is 18.2 Å². The summed E-state index contributed by atoms with van der Waals surface area (Å²) in [5.41, 5.74) is 1.94. The second-order valence-corrected chi connectivity index (χ2v) is 4.98. The molecule has 0 N–H and O–H groups in total. The molecular formula is C14H10OS. The summed E-state index contributed by atoms with van der Waals surface area (Å²) in [6.45, 7) is 2.06. The molecule has 78 valence electrons. The molecular weight excluding hydrogens is 216 g/mol. The van der Waals surface area contributed by atoms with Gasteiger partial charge < -0.3 is 0 Å². The van der Waals surface area contributed by atoms with Crippen molar-refractivity contribution < 1.29 is 4.79 Å². The summed E-state index contributed by atoms with van der Waals surface area (Å²) >= 11 is 1.79. The fourth-order valence-corrected chi connectivity index (χ4v) is 3.25. The number of carbonyl (C=O) groups is 1. The molecule has 0 aliphatic carbocycles. The third-order valence-corrected chi connectivity index (χ3v) is 4.14. The SMILES string of the molecule is Cc1cc(C=O)cc2c1sc1ccccc12. The molecule has 0 unspecified atom stereocenters. The quantitative estimate of drug-likeness (QED) is 0.569. The van der Waals surface area contributed by atoms with E-state index >= 15 is 0 Å². The lowest BCUT2D eigenvalue weighted by molar-refractivity contribution is 0.112. The fraction of sp³-hybridized carbons (Fsp3) is 0.0714. The number of hydrogen-bond acceptors (Lipinski definition) is 2. The molecule has 3 aromatic rings. The highest BCUT2D eigenvalue weighted by molar-refractivity contribution is 7.26. The molecule has 3 rings (SSSR count). The Kier molecular flexibility index (Phi) is 2.04. The molecule has 0 radical (unpaired) electrons. The predicted molar refractivity (Wildman–Crippen MR) is 69.5 cm³/mol. The molecule has 1 nitrogen and oxygen atoms in total. The zero-order valence-electron chi connectivity index (χ0n) is 8.86.